The molecule has 5 nitrogen and oxygen atoms in total. The molecule has 0 fully saturated rings. The highest BCUT2D eigenvalue weighted by Gasteiger charge is 2.13. The van der Waals surface area contributed by atoms with Gasteiger partial charge in [0.05, 0.1) is 0 Å². The summed E-state index contributed by atoms with van der Waals surface area (Å²) in [4.78, 5) is 12.0. The van der Waals surface area contributed by atoms with E-state index in [-0.39, 0.29) is 17.2 Å². The van der Waals surface area contributed by atoms with Gasteiger partial charge in [0.2, 0.25) is 5.13 Å². The second-order valence-corrected chi connectivity index (χ2v) is 5.47. The lowest BCUT2D eigenvalue weighted by Gasteiger charge is -2.06. The van der Waals surface area contributed by atoms with Gasteiger partial charge in [-0.1, -0.05) is 31.3 Å². The zero-order valence-electron chi connectivity index (χ0n) is 11.3. The van der Waals surface area contributed by atoms with Crippen molar-refractivity contribution in [1.29, 1.82) is 0 Å². The molecule has 0 aliphatic rings. The molecule has 1 N–H and O–H groups in total. The molecule has 0 radical (unpaired) electrons. The number of alkyl halides is 2. The molecule has 2 rings (SSSR count). The van der Waals surface area contributed by atoms with Crippen molar-refractivity contribution in [3.8, 4) is 5.75 Å². The van der Waals surface area contributed by atoms with Crippen LogP contribution in [0, 0.1) is 0 Å². The highest BCUT2D eigenvalue weighted by Crippen LogP contribution is 2.23. The number of carbonyl (C=O) groups is 1. The molecule has 0 saturated carbocycles. The maximum atomic E-state index is 12.1. The summed E-state index contributed by atoms with van der Waals surface area (Å²) in [6, 6.07) is 5.56. The van der Waals surface area contributed by atoms with Gasteiger partial charge in [0.15, 0.2) is 0 Å². The Labute approximate surface area is 124 Å². The minimum Gasteiger partial charge on any atom is -0.435 e. The van der Waals surface area contributed by atoms with Crippen LogP contribution in [0.4, 0.5) is 13.9 Å². The lowest BCUT2D eigenvalue weighted by Crippen LogP contribution is -2.12. The van der Waals surface area contributed by atoms with E-state index >= 15 is 0 Å². The van der Waals surface area contributed by atoms with Crippen LogP contribution in [-0.2, 0) is 0 Å². The summed E-state index contributed by atoms with van der Waals surface area (Å²) in [5.41, 5.74) is 0.203. The standard InChI is InChI=1S/C13H13F2N3O2S/c1-7(2)11-17-18-13(21-11)16-10(19)8-4-3-5-9(6-8)20-12(14)15/h3-7,12H,1-2H3,(H,16,18,19). The number of benzene rings is 1. The van der Waals surface area contributed by atoms with Gasteiger partial charge in [0, 0.05) is 11.5 Å². The molecule has 0 unspecified atom stereocenters. The Balaban J connectivity index is 2.08. The Morgan fingerprint density at radius 1 is 1.33 bits per heavy atom. The van der Waals surface area contributed by atoms with Crippen molar-refractivity contribution in [2.45, 2.75) is 26.4 Å². The number of halogens is 2. The summed E-state index contributed by atoms with van der Waals surface area (Å²) in [6.07, 6.45) is 0. The number of anilines is 1. The van der Waals surface area contributed by atoms with Gasteiger partial charge in [-0.3, -0.25) is 10.1 Å². The zero-order valence-corrected chi connectivity index (χ0v) is 12.2. The lowest BCUT2D eigenvalue weighted by atomic mass is 10.2. The molecule has 8 heteroatoms. The minimum atomic E-state index is -2.93. The van der Waals surface area contributed by atoms with Gasteiger partial charge in [-0.2, -0.15) is 8.78 Å². The number of carbonyl (C=O) groups excluding carboxylic acids is 1. The predicted molar refractivity (Wildman–Crippen MR) is 75.0 cm³/mol. The highest BCUT2D eigenvalue weighted by atomic mass is 32.1. The molecule has 0 aliphatic carbocycles. The van der Waals surface area contributed by atoms with Gasteiger partial charge in [-0.25, -0.2) is 0 Å². The van der Waals surface area contributed by atoms with Crippen LogP contribution in [0.15, 0.2) is 24.3 Å². The second-order valence-electron chi connectivity index (χ2n) is 4.46. The summed E-state index contributed by atoms with van der Waals surface area (Å²) in [7, 11) is 0. The fourth-order valence-corrected chi connectivity index (χ4v) is 2.24. The number of nitrogens with one attached hydrogen (secondary N) is 1. The molecule has 112 valence electrons. The molecule has 21 heavy (non-hydrogen) atoms. The molecule has 0 spiro atoms. The Morgan fingerprint density at radius 2 is 2.10 bits per heavy atom. The van der Waals surface area contributed by atoms with E-state index in [1.165, 1.54) is 35.6 Å². The van der Waals surface area contributed by atoms with Crippen molar-refractivity contribution in [3.05, 3.63) is 34.8 Å². The first kappa shape index (κ1) is 15.3. The van der Waals surface area contributed by atoms with Crippen molar-refractivity contribution in [1.82, 2.24) is 10.2 Å². The van der Waals surface area contributed by atoms with Gasteiger partial charge in [-0.05, 0) is 18.2 Å². The van der Waals surface area contributed by atoms with E-state index in [9.17, 15) is 13.6 Å². The number of rotatable bonds is 5. The van der Waals surface area contributed by atoms with E-state index < -0.39 is 12.5 Å². The van der Waals surface area contributed by atoms with Crippen LogP contribution in [-0.4, -0.2) is 22.7 Å². The topological polar surface area (TPSA) is 64.1 Å². The van der Waals surface area contributed by atoms with Crippen molar-refractivity contribution >= 4 is 22.4 Å². The quantitative estimate of drug-likeness (QED) is 0.917. The lowest BCUT2D eigenvalue weighted by molar-refractivity contribution is -0.0498. The third-order valence-electron chi connectivity index (χ3n) is 2.48. The number of ether oxygens (including phenoxy) is 1. The second kappa shape index (κ2) is 6.57. The normalized spacial score (nSPS) is 11.0. The first-order valence-corrected chi connectivity index (χ1v) is 6.97. The first-order chi connectivity index (χ1) is 9.95. The summed E-state index contributed by atoms with van der Waals surface area (Å²) in [6.45, 7) is 1.01. The van der Waals surface area contributed by atoms with Gasteiger partial charge in [0.1, 0.15) is 10.8 Å². The van der Waals surface area contributed by atoms with Gasteiger partial charge >= 0.3 is 6.61 Å². The van der Waals surface area contributed by atoms with Crippen molar-refractivity contribution < 1.29 is 18.3 Å². The SMILES string of the molecule is CC(C)c1nnc(NC(=O)c2cccc(OC(F)F)c2)s1. The summed E-state index contributed by atoms with van der Waals surface area (Å²) in [5, 5.41) is 11.6. The van der Waals surface area contributed by atoms with E-state index in [4.69, 9.17) is 0 Å². The fraction of sp³-hybridized carbons (Fsp3) is 0.308. The Hall–Kier alpha value is -2.09. The Morgan fingerprint density at radius 3 is 2.71 bits per heavy atom. The average molecular weight is 313 g/mol. The number of nitrogens with zero attached hydrogens (tertiary/aromatic N) is 2. The van der Waals surface area contributed by atoms with Crippen LogP contribution in [0.5, 0.6) is 5.75 Å². The van der Waals surface area contributed by atoms with Crippen molar-refractivity contribution in [2.24, 2.45) is 0 Å². The van der Waals surface area contributed by atoms with Gasteiger partial charge in [-0.15, -0.1) is 10.2 Å². The maximum Gasteiger partial charge on any atom is 0.387 e. The van der Waals surface area contributed by atoms with Crippen molar-refractivity contribution in [2.75, 3.05) is 5.32 Å². The maximum absolute atomic E-state index is 12.1. The summed E-state index contributed by atoms with van der Waals surface area (Å²) in [5.74, 6) is -0.310. The number of hydrogen-bond donors (Lipinski definition) is 1. The minimum absolute atomic E-state index is 0.0715. The molecular weight excluding hydrogens is 300 g/mol. The molecule has 0 bridgehead atoms. The third kappa shape index (κ3) is 4.19. The summed E-state index contributed by atoms with van der Waals surface area (Å²) >= 11 is 1.27. The van der Waals surface area contributed by atoms with Crippen LogP contribution >= 0.6 is 11.3 Å². The van der Waals surface area contributed by atoms with Crippen molar-refractivity contribution in [3.63, 3.8) is 0 Å². The van der Waals surface area contributed by atoms with Crippen LogP contribution in [0.2, 0.25) is 0 Å². The summed E-state index contributed by atoms with van der Waals surface area (Å²) < 4.78 is 28.5. The Kier molecular flexibility index (Phi) is 4.79. The first-order valence-electron chi connectivity index (χ1n) is 6.15. The number of aromatic nitrogens is 2. The third-order valence-corrected chi connectivity index (χ3v) is 3.62. The van der Waals surface area contributed by atoms with E-state index in [2.05, 4.69) is 20.3 Å². The largest absolute Gasteiger partial charge is 0.435 e. The number of amides is 1. The molecule has 1 heterocycles. The molecule has 1 aromatic carbocycles. The molecule has 1 amide bonds. The molecule has 2 aromatic rings. The van der Waals surface area contributed by atoms with Crippen LogP contribution in [0.25, 0.3) is 0 Å². The monoisotopic (exact) mass is 313 g/mol. The van der Waals surface area contributed by atoms with E-state index in [1.807, 2.05) is 13.8 Å². The predicted octanol–water partition coefficient (Wildman–Crippen LogP) is 3.52. The van der Waals surface area contributed by atoms with Crippen LogP contribution in [0.1, 0.15) is 35.1 Å². The fourth-order valence-electron chi connectivity index (χ4n) is 1.50. The molecular formula is C13H13F2N3O2S. The highest BCUT2D eigenvalue weighted by molar-refractivity contribution is 7.15. The molecule has 0 aliphatic heterocycles. The molecule has 0 atom stereocenters. The number of hydrogen-bond acceptors (Lipinski definition) is 5. The van der Waals surface area contributed by atoms with Crippen LogP contribution in [0.3, 0.4) is 0 Å². The van der Waals surface area contributed by atoms with E-state index in [0.29, 0.717) is 5.13 Å². The van der Waals surface area contributed by atoms with E-state index in [0.717, 1.165) is 5.01 Å². The molecule has 0 saturated heterocycles. The smallest absolute Gasteiger partial charge is 0.387 e. The Bertz CT molecular complexity index is 631. The van der Waals surface area contributed by atoms with Gasteiger partial charge in [0.25, 0.3) is 5.91 Å². The van der Waals surface area contributed by atoms with Gasteiger partial charge < -0.3 is 4.74 Å². The van der Waals surface area contributed by atoms with Crippen LogP contribution < -0.4 is 10.1 Å². The molecule has 1 aromatic heterocycles. The zero-order chi connectivity index (χ0) is 15.4. The van der Waals surface area contributed by atoms with E-state index in [1.54, 1.807) is 0 Å². The average Bonchev–Trinajstić information content (AvgIpc) is 2.87.